The smallest absolute Gasteiger partial charge is 0.0824 e. The van der Waals surface area contributed by atoms with E-state index in [0.29, 0.717) is 0 Å². The first-order chi connectivity index (χ1) is 6.63. The third kappa shape index (κ3) is 5.61. The third-order valence-corrected chi connectivity index (χ3v) is 2.82. The van der Waals surface area contributed by atoms with Crippen molar-refractivity contribution < 1.29 is 10.2 Å². The Kier molecular flexibility index (Phi) is 8.20. The van der Waals surface area contributed by atoms with Gasteiger partial charge in [-0.25, -0.2) is 0 Å². The van der Waals surface area contributed by atoms with E-state index in [1.807, 2.05) is 6.92 Å². The van der Waals surface area contributed by atoms with Crippen LogP contribution in [0.1, 0.15) is 59.3 Å². The van der Waals surface area contributed by atoms with Crippen LogP contribution in [0.25, 0.3) is 0 Å². The first kappa shape index (κ1) is 13.9. The zero-order chi connectivity index (χ0) is 11.0. The number of unbranched alkanes of at least 4 members (excludes halogenated alkanes) is 2. The van der Waals surface area contributed by atoms with Crippen molar-refractivity contribution in [2.24, 2.45) is 5.92 Å². The predicted octanol–water partition coefficient (Wildman–Crippen LogP) is 2.72. The molecule has 0 heterocycles. The van der Waals surface area contributed by atoms with Crippen LogP contribution >= 0.6 is 0 Å². The van der Waals surface area contributed by atoms with E-state index in [2.05, 4.69) is 13.8 Å². The summed E-state index contributed by atoms with van der Waals surface area (Å²) in [6.07, 6.45) is 5.07. The van der Waals surface area contributed by atoms with Crippen LogP contribution in [0, 0.1) is 5.92 Å². The van der Waals surface area contributed by atoms with Crippen LogP contribution in [0.15, 0.2) is 0 Å². The van der Waals surface area contributed by atoms with Gasteiger partial charge in [-0.05, 0) is 18.8 Å². The minimum atomic E-state index is -0.535. The van der Waals surface area contributed by atoms with Gasteiger partial charge in [-0.2, -0.15) is 0 Å². The molecule has 0 saturated heterocycles. The summed E-state index contributed by atoms with van der Waals surface area (Å²) in [6, 6.07) is 0. The summed E-state index contributed by atoms with van der Waals surface area (Å²) in [5, 5.41) is 19.5. The molecule has 2 heteroatoms. The number of aliphatic hydroxyl groups is 2. The second kappa shape index (κ2) is 8.25. The lowest BCUT2D eigenvalue weighted by Gasteiger charge is -2.23. The highest BCUT2D eigenvalue weighted by atomic mass is 16.3. The Labute approximate surface area is 88.3 Å². The Morgan fingerprint density at radius 1 is 0.929 bits per heavy atom. The van der Waals surface area contributed by atoms with Gasteiger partial charge in [0.25, 0.3) is 0 Å². The second-order valence-corrected chi connectivity index (χ2v) is 4.32. The van der Waals surface area contributed by atoms with Gasteiger partial charge in [-0.3, -0.25) is 0 Å². The van der Waals surface area contributed by atoms with Crippen LogP contribution in [0.3, 0.4) is 0 Å². The Hall–Kier alpha value is -0.0800. The van der Waals surface area contributed by atoms with E-state index in [1.165, 1.54) is 0 Å². The molecule has 0 spiro atoms. The number of rotatable bonds is 8. The van der Waals surface area contributed by atoms with Crippen molar-refractivity contribution in [1.82, 2.24) is 0 Å². The van der Waals surface area contributed by atoms with Crippen molar-refractivity contribution in [3.05, 3.63) is 0 Å². The monoisotopic (exact) mass is 202 g/mol. The van der Waals surface area contributed by atoms with E-state index in [4.69, 9.17) is 0 Å². The van der Waals surface area contributed by atoms with Gasteiger partial charge < -0.3 is 10.2 Å². The lowest BCUT2D eigenvalue weighted by molar-refractivity contribution is -0.0197. The van der Waals surface area contributed by atoms with E-state index in [9.17, 15) is 10.2 Å². The zero-order valence-electron chi connectivity index (χ0n) is 9.87. The van der Waals surface area contributed by atoms with Crippen LogP contribution in [0.4, 0.5) is 0 Å². The molecule has 0 aliphatic rings. The molecule has 0 fully saturated rings. The fraction of sp³-hybridized carbons (Fsp3) is 1.00. The molecule has 0 aromatic heterocycles. The Morgan fingerprint density at radius 2 is 1.57 bits per heavy atom. The molecule has 2 nitrogen and oxygen atoms in total. The number of hydrogen-bond donors (Lipinski definition) is 2. The summed E-state index contributed by atoms with van der Waals surface area (Å²) in [7, 11) is 0. The van der Waals surface area contributed by atoms with Crippen LogP contribution < -0.4 is 0 Å². The molecule has 0 saturated carbocycles. The maximum Gasteiger partial charge on any atom is 0.0824 e. The van der Waals surface area contributed by atoms with Crippen molar-refractivity contribution in [3.8, 4) is 0 Å². The molecule has 3 unspecified atom stereocenters. The van der Waals surface area contributed by atoms with E-state index in [0.717, 1.165) is 38.5 Å². The molecule has 0 aliphatic carbocycles. The average molecular weight is 202 g/mol. The first-order valence-corrected chi connectivity index (χ1v) is 5.99. The van der Waals surface area contributed by atoms with Gasteiger partial charge >= 0.3 is 0 Å². The summed E-state index contributed by atoms with van der Waals surface area (Å²) in [5.74, 6) is 0.219. The highest BCUT2D eigenvalue weighted by Crippen LogP contribution is 2.17. The molecule has 86 valence electrons. The normalized spacial score (nSPS) is 17.8. The zero-order valence-corrected chi connectivity index (χ0v) is 9.87. The molecule has 2 N–H and O–H groups in total. The predicted molar refractivity (Wildman–Crippen MR) is 60.2 cm³/mol. The number of hydrogen-bond acceptors (Lipinski definition) is 2. The van der Waals surface area contributed by atoms with Crippen molar-refractivity contribution in [2.45, 2.75) is 71.5 Å². The summed E-state index contributed by atoms with van der Waals surface area (Å²) < 4.78 is 0. The summed E-state index contributed by atoms with van der Waals surface area (Å²) in [5.41, 5.74) is 0. The van der Waals surface area contributed by atoms with Gasteiger partial charge in [0.05, 0.1) is 12.2 Å². The van der Waals surface area contributed by atoms with Gasteiger partial charge in [-0.1, -0.05) is 46.5 Å². The minimum absolute atomic E-state index is 0.219. The number of aliphatic hydroxyl groups excluding tert-OH is 2. The van der Waals surface area contributed by atoms with Gasteiger partial charge in [0.2, 0.25) is 0 Å². The largest absolute Gasteiger partial charge is 0.390 e. The van der Waals surface area contributed by atoms with Gasteiger partial charge in [-0.15, -0.1) is 0 Å². The lowest BCUT2D eigenvalue weighted by atomic mass is 9.93. The highest BCUT2D eigenvalue weighted by Gasteiger charge is 2.21. The van der Waals surface area contributed by atoms with Gasteiger partial charge in [0.1, 0.15) is 0 Å². The summed E-state index contributed by atoms with van der Waals surface area (Å²) in [4.78, 5) is 0. The molecule has 0 amide bonds. The fourth-order valence-corrected chi connectivity index (χ4v) is 1.78. The van der Waals surface area contributed by atoms with Crippen molar-refractivity contribution in [3.63, 3.8) is 0 Å². The van der Waals surface area contributed by atoms with Crippen LogP contribution in [-0.4, -0.2) is 22.4 Å². The molecule has 0 radical (unpaired) electrons. The van der Waals surface area contributed by atoms with Crippen LogP contribution in [0.5, 0.6) is 0 Å². The van der Waals surface area contributed by atoms with E-state index >= 15 is 0 Å². The van der Waals surface area contributed by atoms with E-state index in [1.54, 1.807) is 0 Å². The Bertz CT molecular complexity index is 125. The molecular formula is C12H26O2. The maximum atomic E-state index is 9.77. The fourth-order valence-electron chi connectivity index (χ4n) is 1.78. The maximum absolute atomic E-state index is 9.77. The molecule has 0 aromatic rings. The van der Waals surface area contributed by atoms with Crippen molar-refractivity contribution in [2.75, 3.05) is 0 Å². The van der Waals surface area contributed by atoms with Crippen LogP contribution in [0.2, 0.25) is 0 Å². The molecule has 0 rings (SSSR count). The highest BCUT2D eigenvalue weighted by molar-refractivity contribution is 4.72. The molecule has 3 atom stereocenters. The summed E-state index contributed by atoms with van der Waals surface area (Å²) >= 11 is 0. The van der Waals surface area contributed by atoms with E-state index < -0.39 is 12.2 Å². The van der Waals surface area contributed by atoms with Gasteiger partial charge in [0, 0.05) is 0 Å². The second-order valence-electron chi connectivity index (χ2n) is 4.32. The molecular weight excluding hydrogens is 176 g/mol. The first-order valence-electron chi connectivity index (χ1n) is 5.99. The topological polar surface area (TPSA) is 40.5 Å². The van der Waals surface area contributed by atoms with E-state index in [-0.39, 0.29) is 5.92 Å². The SMILES string of the molecule is CCCCCC(O)C(O)C(C)CCC. The minimum Gasteiger partial charge on any atom is -0.390 e. The quantitative estimate of drug-likeness (QED) is 0.594. The van der Waals surface area contributed by atoms with Crippen molar-refractivity contribution in [1.29, 1.82) is 0 Å². The van der Waals surface area contributed by atoms with Gasteiger partial charge in [0.15, 0.2) is 0 Å². The van der Waals surface area contributed by atoms with Crippen molar-refractivity contribution >= 4 is 0 Å². The standard InChI is InChI=1S/C12H26O2/c1-4-6-7-9-11(13)12(14)10(3)8-5-2/h10-14H,4-9H2,1-3H3. The molecule has 0 bridgehead atoms. The Morgan fingerprint density at radius 3 is 2.07 bits per heavy atom. The molecule has 0 aromatic carbocycles. The summed E-state index contributed by atoms with van der Waals surface area (Å²) in [6.45, 7) is 6.26. The molecule has 14 heavy (non-hydrogen) atoms. The lowest BCUT2D eigenvalue weighted by Crippen LogP contribution is -2.32. The average Bonchev–Trinajstić information content (AvgIpc) is 2.17. The third-order valence-electron chi connectivity index (χ3n) is 2.82. The Balaban J connectivity index is 3.68. The molecule has 0 aliphatic heterocycles. The van der Waals surface area contributed by atoms with Crippen LogP contribution in [-0.2, 0) is 0 Å².